The van der Waals surface area contributed by atoms with Crippen molar-refractivity contribution in [3.63, 3.8) is 0 Å². The van der Waals surface area contributed by atoms with Crippen LogP contribution in [0.25, 0.3) is 5.69 Å². The molecule has 140 valence electrons. The number of benzene rings is 1. The fourth-order valence-corrected chi connectivity index (χ4v) is 2.79. The third-order valence-corrected chi connectivity index (χ3v) is 4.01. The molecule has 3 rings (SSSR count). The Labute approximate surface area is 154 Å². The third-order valence-electron chi connectivity index (χ3n) is 3.12. The van der Waals surface area contributed by atoms with E-state index >= 15 is 0 Å². The highest BCUT2D eigenvalue weighted by atomic mass is 32.1. The fraction of sp³-hybridized carbons (Fsp3) is 0.133. The van der Waals surface area contributed by atoms with Crippen LogP contribution in [0.4, 0.5) is 14.5 Å². The van der Waals surface area contributed by atoms with Gasteiger partial charge in [-0.05, 0) is 46.1 Å². The molecule has 0 aliphatic heterocycles. The number of carbonyl (C=O) groups is 2. The maximum atomic E-state index is 12.2. The van der Waals surface area contributed by atoms with Gasteiger partial charge >= 0.3 is 12.6 Å². The fourth-order valence-electron chi connectivity index (χ4n) is 2.02. The van der Waals surface area contributed by atoms with E-state index in [9.17, 15) is 18.4 Å². The van der Waals surface area contributed by atoms with E-state index in [1.807, 2.05) is 0 Å². The highest BCUT2D eigenvalue weighted by Gasteiger charge is 2.18. The number of carbonyl (C=O) groups excluding carboxylic acids is 2. The van der Waals surface area contributed by atoms with Crippen LogP contribution >= 0.6 is 11.3 Å². The number of rotatable bonds is 7. The molecule has 0 spiro atoms. The second kappa shape index (κ2) is 8.31. The predicted octanol–water partition coefficient (Wildman–Crippen LogP) is 2.12. The van der Waals surface area contributed by atoms with Crippen molar-refractivity contribution in [3.05, 3.63) is 46.9 Å². The molecule has 1 N–H and O–H groups in total. The number of esters is 1. The van der Waals surface area contributed by atoms with Crippen LogP contribution in [0.1, 0.15) is 9.67 Å². The summed E-state index contributed by atoms with van der Waals surface area (Å²) in [5.41, 5.74) is 0.771. The number of ether oxygens (including phenoxy) is 2. The molecule has 0 unspecified atom stereocenters. The Bertz CT molecular complexity index is 915. The Morgan fingerprint density at radius 3 is 2.67 bits per heavy atom. The SMILES string of the molecule is O=C(COC(=O)c1sccc1-n1cnnn1)Nc1ccc(OC(F)F)cc1. The maximum absolute atomic E-state index is 12.2. The number of anilines is 1. The van der Waals surface area contributed by atoms with Crippen molar-refractivity contribution in [2.24, 2.45) is 0 Å². The molecule has 0 saturated heterocycles. The normalized spacial score (nSPS) is 10.6. The lowest BCUT2D eigenvalue weighted by molar-refractivity contribution is -0.119. The van der Waals surface area contributed by atoms with Gasteiger partial charge in [-0.2, -0.15) is 13.5 Å². The molecule has 1 amide bonds. The van der Waals surface area contributed by atoms with Gasteiger partial charge in [-0.15, -0.1) is 16.4 Å². The summed E-state index contributed by atoms with van der Waals surface area (Å²) in [6.45, 7) is -3.46. The Morgan fingerprint density at radius 2 is 2.00 bits per heavy atom. The lowest BCUT2D eigenvalue weighted by Gasteiger charge is -2.08. The molecule has 12 heteroatoms. The van der Waals surface area contributed by atoms with E-state index in [-0.39, 0.29) is 10.6 Å². The first kappa shape index (κ1) is 18.4. The second-order valence-electron chi connectivity index (χ2n) is 4.92. The van der Waals surface area contributed by atoms with Gasteiger partial charge in [0, 0.05) is 5.69 Å². The number of alkyl halides is 2. The van der Waals surface area contributed by atoms with Gasteiger partial charge in [0.2, 0.25) is 0 Å². The number of nitrogens with zero attached hydrogens (tertiary/aromatic N) is 4. The molecule has 1 aromatic carbocycles. The van der Waals surface area contributed by atoms with E-state index in [4.69, 9.17) is 4.74 Å². The average molecular weight is 395 g/mol. The summed E-state index contributed by atoms with van der Waals surface area (Å²) in [6, 6.07) is 6.95. The molecule has 0 atom stereocenters. The van der Waals surface area contributed by atoms with E-state index in [0.29, 0.717) is 11.4 Å². The van der Waals surface area contributed by atoms with Gasteiger partial charge < -0.3 is 14.8 Å². The molecule has 2 heterocycles. The van der Waals surface area contributed by atoms with Crippen molar-refractivity contribution in [2.75, 3.05) is 11.9 Å². The number of aromatic nitrogens is 4. The van der Waals surface area contributed by atoms with Gasteiger partial charge in [-0.3, -0.25) is 4.79 Å². The summed E-state index contributed by atoms with van der Waals surface area (Å²) in [5.74, 6) is -1.33. The molecular formula is C15H11F2N5O4S. The van der Waals surface area contributed by atoms with E-state index in [2.05, 4.69) is 25.6 Å². The highest BCUT2D eigenvalue weighted by Crippen LogP contribution is 2.21. The summed E-state index contributed by atoms with van der Waals surface area (Å²) < 4.78 is 34.7. The van der Waals surface area contributed by atoms with E-state index in [1.165, 1.54) is 35.3 Å². The van der Waals surface area contributed by atoms with Crippen LogP contribution in [0, 0.1) is 0 Å². The minimum Gasteiger partial charge on any atom is -0.451 e. The molecule has 3 aromatic rings. The number of thiophene rings is 1. The topological polar surface area (TPSA) is 108 Å². The van der Waals surface area contributed by atoms with Gasteiger partial charge in [0.1, 0.15) is 17.0 Å². The molecule has 27 heavy (non-hydrogen) atoms. The molecule has 2 aromatic heterocycles. The van der Waals surface area contributed by atoms with E-state index in [1.54, 1.807) is 11.4 Å². The third kappa shape index (κ3) is 4.82. The smallest absolute Gasteiger partial charge is 0.387 e. The van der Waals surface area contributed by atoms with E-state index < -0.39 is 25.1 Å². The Hall–Kier alpha value is -3.41. The van der Waals surface area contributed by atoms with Gasteiger partial charge in [0.05, 0.1) is 5.69 Å². The van der Waals surface area contributed by atoms with Crippen molar-refractivity contribution in [3.8, 4) is 11.4 Å². The summed E-state index contributed by atoms with van der Waals surface area (Å²) in [6.07, 6.45) is 1.33. The zero-order valence-electron chi connectivity index (χ0n) is 13.4. The first-order valence-corrected chi connectivity index (χ1v) is 8.23. The number of nitrogens with one attached hydrogen (secondary N) is 1. The monoisotopic (exact) mass is 395 g/mol. The van der Waals surface area contributed by atoms with Gasteiger partial charge in [0.25, 0.3) is 5.91 Å². The summed E-state index contributed by atoms with van der Waals surface area (Å²) in [5, 5.41) is 14.8. The van der Waals surface area contributed by atoms with Gasteiger partial charge in [0.15, 0.2) is 6.61 Å². The summed E-state index contributed by atoms with van der Waals surface area (Å²) in [4.78, 5) is 24.3. The van der Waals surface area contributed by atoms with Crippen molar-refractivity contribution < 1.29 is 27.8 Å². The summed E-state index contributed by atoms with van der Waals surface area (Å²) in [7, 11) is 0. The minimum atomic E-state index is -2.93. The minimum absolute atomic E-state index is 0.0396. The number of tetrazole rings is 1. The lowest BCUT2D eigenvalue weighted by atomic mass is 10.3. The van der Waals surface area contributed by atoms with Crippen LogP contribution < -0.4 is 10.1 Å². The molecule has 0 bridgehead atoms. The van der Waals surface area contributed by atoms with Crippen LogP contribution in [0.2, 0.25) is 0 Å². The molecule has 0 fully saturated rings. The average Bonchev–Trinajstić information content (AvgIpc) is 3.32. The molecule has 9 nitrogen and oxygen atoms in total. The number of hydrogen-bond acceptors (Lipinski definition) is 8. The van der Waals surface area contributed by atoms with Crippen LogP contribution in [0.5, 0.6) is 5.75 Å². The lowest BCUT2D eigenvalue weighted by Crippen LogP contribution is -2.21. The molecule has 0 aliphatic rings. The van der Waals surface area contributed by atoms with Crippen LogP contribution in [0.3, 0.4) is 0 Å². The van der Waals surface area contributed by atoms with Gasteiger partial charge in [-0.25, -0.2) is 4.79 Å². The number of amides is 1. The molecule has 0 radical (unpaired) electrons. The van der Waals surface area contributed by atoms with Crippen LogP contribution in [-0.2, 0) is 9.53 Å². The Balaban J connectivity index is 1.54. The second-order valence-corrected chi connectivity index (χ2v) is 5.83. The zero-order valence-corrected chi connectivity index (χ0v) is 14.2. The van der Waals surface area contributed by atoms with Crippen molar-refractivity contribution in [1.82, 2.24) is 20.2 Å². The first-order chi connectivity index (χ1) is 13.0. The van der Waals surface area contributed by atoms with Gasteiger partial charge in [-0.1, -0.05) is 0 Å². The van der Waals surface area contributed by atoms with Crippen molar-refractivity contribution in [1.29, 1.82) is 0 Å². The quantitative estimate of drug-likeness (QED) is 0.611. The number of hydrogen-bond donors (Lipinski definition) is 1. The zero-order chi connectivity index (χ0) is 19.2. The molecular weight excluding hydrogens is 384 g/mol. The Morgan fingerprint density at radius 1 is 1.22 bits per heavy atom. The molecule has 0 aliphatic carbocycles. The maximum Gasteiger partial charge on any atom is 0.387 e. The predicted molar refractivity (Wildman–Crippen MR) is 89.0 cm³/mol. The first-order valence-electron chi connectivity index (χ1n) is 7.35. The number of halogens is 2. The largest absolute Gasteiger partial charge is 0.451 e. The Kier molecular flexibility index (Phi) is 5.66. The van der Waals surface area contributed by atoms with Crippen LogP contribution in [-0.4, -0.2) is 45.3 Å². The molecule has 0 saturated carbocycles. The van der Waals surface area contributed by atoms with Crippen LogP contribution in [0.15, 0.2) is 42.0 Å². The van der Waals surface area contributed by atoms with E-state index in [0.717, 1.165) is 11.3 Å². The van der Waals surface area contributed by atoms with Crippen molar-refractivity contribution in [2.45, 2.75) is 6.61 Å². The highest BCUT2D eigenvalue weighted by molar-refractivity contribution is 7.12. The van der Waals surface area contributed by atoms with Crippen molar-refractivity contribution >= 4 is 28.9 Å². The summed E-state index contributed by atoms with van der Waals surface area (Å²) >= 11 is 1.12. The standard InChI is InChI=1S/C15H11F2N5O4S/c16-15(17)26-10-3-1-9(2-4-10)19-12(23)7-25-14(24)13-11(5-6-27-13)22-8-18-20-21-22/h1-6,8,15H,7H2,(H,19,23).